The summed E-state index contributed by atoms with van der Waals surface area (Å²) in [5.74, 6) is 0.538. The second kappa shape index (κ2) is 5.79. The van der Waals surface area contributed by atoms with Crippen molar-refractivity contribution in [2.45, 2.75) is 31.7 Å². The van der Waals surface area contributed by atoms with E-state index in [0.717, 1.165) is 26.1 Å². The zero-order valence-corrected chi connectivity index (χ0v) is 11.6. The minimum absolute atomic E-state index is 0.0150. The average molecular weight is 275 g/mol. The van der Waals surface area contributed by atoms with Crippen LogP contribution in [0.15, 0.2) is 23.1 Å². The van der Waals surface area contributed by atoms with E-state index in [2.05, 4.69) is 10.3 Å². The summed E-state index contributed by atoms with van der Waals surface area (Å²) in [6.07, 6.45) is 6.24. The van der Waals surface area contributed by atoms with E-state index in [1.54, 1.807) is 6.07 Å². The first kappa shape index (κ1) is 13.4. The fourth-order valence-corrected chi connectivity index (χ4v) is 3.40. The molecular weight excluding hydrogens is 254 g/mol. The molecule has 2 aliphatic rings. The predicted molar refractivity (Wildman–Crippen MR) is 76.7 cm³/mol. The van der Waals surface area contributed by atoms with E-state index in [1.165, 1.54) is 31.5 Å². The summed E-state index contributed by atoms with van der Waals surface area (Å²) in [7, 11) is 0. The van der Waals surface area contributed by atoms with Gasteiger partial charge >= 0.3 is 0 Å². The van der Waals surface area contributed by atoms with Gasteiger partial charge in [0.2, 0.25) is 5.56 Å². The molecule has 3 heterocycles. The first-order valence-electron chi connectivity index (χ1n) is 7.45. The molecule has 0 bridgehead atoms. The molecule has 2 unspecified atom stereocenters. The Morgan fingerprint density at radius 1 is 1.30 bits per heavy atom. The van der Waals surface area contributed by atoms with Gasteiger partial charge in [0, 0.05) is 37.0 Å². The fraction of sp³-hybridized carbons (Fsp3) is 0.600. The number of nitrogens with one attached hydrogen (secondary N) is 2. The number of hydrogen-bond donors (Lipinski definition) is 2. The third-order valence-electron chi connectivity index (χ3n) is 4.43. The third kappa shape index (κ3) is 2.77. The van der Waals surface area contributed by atoms with Crippen molar-refractivity contribution < 1.29 is 4.79 Å². The van der Waals surface area contributed by atoms with Gasteiger partial charge in [-0.2, -0.15) is 0 Å². The van der Waals surface area contributed by atoms with Crippen molar-refractivity contribution in [1.29, 1.82) is 0 Å². The maximum absolute atomic E-state index is 12.5. The normalized spacial score (nSPS) is 26.7. The van der Waals surface area contributed by atoms with Gasteiger partial charge in [0.15, 0.2) is 0 Å². The highest BCUT2D eigenvalue weighted by Gasteiger charge is 2.31. The van der Waals surface area contributed by atoms with Gasteiger partial charge in [-0.3, -0.25) is 9.59 Å². The van der Waals surface area contributed by atoms with Crippen LogP contribution < -0.4 is 10.9 Å². The van der Waals surface area contributed by atoms with Crippen LogP contribution in [0.25, 0.3) is 0 Å². The largest absolute Gasteiger partial charge is 0.338 e. The van der Waals surface area contributed by atoms with Crippen molar-refractivity contribution in [2.24, 2.45) is 5.92 Å². The van der Waals surface area contributed by atoms with Crippen LogP contribution in [0.5, 0.6) is 0 Å². The summed E-state index contributed by atoms with van der Waals surface area (Å²) in [6, 6.07) is 3.63. The van der Waals surface area contributed by atoms with E-state index < -0.39 is 0 Å². The van der Waals surface area contributed by atoms with Gasteiger partial charge in [0.05, 0.1) is 0 Å². The van der Waals surface area contributed by atoms with Crippen molar-refractivity contribution in [3.05, 3.63) is 34.2 Å². The van der Waals surface area contributed by atoms with Crippen molar-refractivity contribution in [1.82, 2.24) is 15.2 Å². The Hall–Kier alpha value is -1.62. The topological polar surface area (TPSA) is 65.2 Å². The van der Waals surface area contributed by atoms with Crippen LogP contribution in [-0.4, -0.2) is 41.5 Å². The molecule has 0 radical (unpaired) electrons. The van der Waals surface area contributed by atoms with Gasteiger partial charge in [0.25, 0.3) is 5.91 Å². The minimum Gasteiger partial charge on any atom is -0.338 e. The summed E-state index contributed by atoms with van der Waals surface area (Å²) in [5, 5.41) is 3.54. The molecule has 0 aliphatic carbocycles. The molecule has 0 aromatic carbocycles. The number of piperidine rings is 1. The molecule has 1 amide bonds. The molecule has 0 saturated carbocycles. The van der Waals surface area contributed by atoms with Crippen LogP contribution >= 0.6 is 0 Å². The van der Waals surface area contributed by atoms with Crippen LogP contribution in [0, 0.1) is 5.92 Å². The lowest BCUT2D eigenvalue weighted by molar-refractivity contribution is 0.0651. The predicted octanol–water partition coefficient (Wildman–Crippen LogP) is 0.979. The number of aromatic nitrogens is 1. The number of carbonyl (C=O) groups excluding carboxylic acids is 1. The molecule has 2 aliphatic heterocycles. The molecule has 1 aromatic rings. The van der Waals surface area contributed by atoms with E-state index in [0.29, 0.717) is 17.5 Å². The number of aromatic amines is 1. The molecule has 2 atom stereocenters. The monoisotopic (exact) mass is 275 g/mol. The van der Waals surface area contributed by atoms with Crippen LogP contribution in [0.4, 0.5) is 0 Å². The summed E-state index contributed by atoms with van der Waals surface area (Å²) < 4.78 is 0. The van der Waals surface area contributed by atoms with E-state index in [9.17, 15) is 9.59 Å². The van der Waals surface area contributed by atoms with Crippen LogP contribution in [0.2, 0.25) is 0 Å². The van der Waals surface area contributed by atoms with E-state index in [4.69, 9.17) is 0 Å². The molecule has 2 N–H and O–H groups in total. The zero-order chi connectivity index (χ0) is 13.9. The third-order valence-corrected chi connectivity index (χ3v) is 4.43. The molecule has 2 saturated heterocycles. The van der Waals surface area contributed by atoms with Gasteiger partial charge in [-0.25, -0.2) is 0 Å². The smallest absolute Gasteiger partial charge is 0.254 e. The van der Waals surface area contributed by atoms with Crippen molar-refractivity contribution in [3.63, 3.8) is 0 Å². The highest BCUT2D eigenvalue weighted by molar-refractivity contribution is 5.94. The number of pyridine rings is 1. The Bertz CT molecular complexity index is 534. The number of hydrogen-bond acceptors (Lipinski definition) is 3. The van der Waals surface area contributed by atoms with Gasteiger partial charge in [-0.1, -0.05) is 0 Å². The van der Waals surface area contributed by atoms with Gasteiger partial charge in [-0.15, -0.1) is 0 Å². The van der Waals surface area contributed by atoms with Crippen LogP contribution in [0.1, 0.15) is 36.0 Å². The second-order valence-electron chi connectivity index (χ2n) is 5.80. The van der Waals surface area contributed by atoms with Crippen molar-refractivity contribution >= 4 is 5.91 Å². The molecule has 5 nitrogen and oxygen atoms in total. The Kier molecular flexibility index (Phi) is 3.87. The molecule has 2 fully saturated rings. The highest BCUT2D eigenvalue weighted by Crippen LogP contribution is 2.25. The van der Waals surface area contributed by atoms with Gasteiger partial charge in [-0.05, 0) is 44.2 Å². The average Bonchev–Trinajstić information content (AvgIpc) is 3.01. The number of likely N-dealkylation sites (tertiary alicyclic amines) is 1. The van der Waals surface area contributed by atoms with E-state index in [1.807, 2.05) is 4.90 Å². The maximum atomic E-state index is 12.5. The number of carbonyl (C=O) groups is 1. The molecule has 0 spiro atoms. The van der Waals surface area contributed by atoms with Crippen LogP contribution in [0.3, 0.4) is 0 Å². The maximum Gasteiger partial charge on any atom is 0.254 e. The lowest BCUT2D eigenvalue weighted by Gasteiger charge is -2.35. The number of H-pyrrole nitrogens is 1. The molecule has 20 heavy (non-hydrogen) atoms. The molecule has 3 rings (SSSR count). The van der Waals surface area contributed by atoms with E-state index in [-0.39, 0.29) is 11.5 Å². The van der Waals surface area contributed by atoms with Crippen LogP contribution in [-0.2, 0) is 0 Å². The first-order valence-corrected chi connectivity index (χ1v) is 7.45. The second-order valence-corrected chi connectivity index (χ2v) is 5.80. The Morgan fingerprint density at radius 2 is 2.20 bits per heavy atom. The van der Waals surface area contributed by atoms with Gasteiger partial charge < -0.3 is 15.2 Å². The quantitative estimate of drug-likeness (QED) is 0.845. The lowest BCUT2D eigenvalue weighted by Crippen LogP contribution is -2.46. The van der Waals surface area contributed by atoms with Crippen molar-refractivity contribution in [3.8, 4) is 0 Å². The summed E-state index contributed by atoms with van der Waals surface area (Å²) in [4.78, 5) is 28.2. The Morgan fingerprint density at radius 3 is 2.95 bits per heavy atom. The molecule has 108 valence electrons. The fourth-order valence-electron chi connectivity index (χ4n) is 3.40. The number of amides is 1. The van der Waals surface area contributed by atoms with E-state index >= 15 is 0 Å². The summed E-state index contributed by atoms with van der Waals surface area (Å²) >= 11 is 0. The first-order chi connectivity index (χ1) is 9.74. The van der Waals surface area contributed by atoms with Crippen molar-refractivity contribution in [2.75, 3.05) is 19.6 Å². The molecular formula is C15H21N3O2. The number of rotatable bonds is 2. The number of nitrogens with zero attached hydrogens (tertiary/aromatic N) is 1. The highest BCUT2D eigenvalue weighted by atomic mass is 16.2. The SMILES string of the molecule is O=C(c1cc[nH]c(=O)c1)N1CCCC(C2CCCN2)C1. The zero-order valence-electron chi connectivity index (χ0n) is 11.6. The Balaban J connectivity index is 1.70. The molecule has 5 heteroatoms. The molecule has 1 aromatic heterocycles. The Labute approximate surface area is 118 Å². The summed E-state index contributed by atoms with van der Waals surface area (Å²) in [6.45, 7) is 2.71. The van der Waals surface area contributed by atoms with Gasteiger partial charge in [0.1, 0.15) is 0 Å². The lowest BCUT2D eigenvalue weighted by atomic mass is 9.89. The minimum atomic E-state index is -0.220. The summed E-state index contributed by atoms with van der Waals surface area (Å²) in [5.41, 5.74) is 0.274. The standard InChI is InChI=1S/C15H21N3O2/c19-14-9-11(5-7-17-14)15(20)18-8-2-3-12(10-18)13-4-1-6-16-13/h5,7,9,12-13,16H,1-4,6,8,10H2,(H,17,19).